The van der Waals surface area contributed by atoms with Crippen molar-refractivity contribution in [2.24, 2.45) is 0 Å². The quantitative estimate of drug-likeness (QED) is 0.710. The smallest absolute Gasteiger partial charge is 0.277 e. The van der Waals surface area contributed by atoms with E-state index in [0.717, 1.165) is 44.3 Å². The van der Waals surface area contributed by atoms with Crippen LogP contribution in [0.2, 0.25) is 5.02 Å². The predicted octanol–water partition coefficient (Wildman–Crippen LogP) is 2.86. The normalized spacial score (nSPS) is 17.0. The third-order valence-corrected chi connectivity index (χ3v) is 6.63. The number of imidazole rings is 1. The number of aromatic nitrogens is 2. The van der Waals surface area contributed by atoms with E-state index in [1.54, 1.807) is 27.1 Å². The largest absolute Gasteiger partial charge is 0.317 e. The van der Waals surface area contributed by atoms with Crippen LogP contribution in [0.3, 0.4) is 0 Å². The van der Waals surface area contributed by atoms with Gasteiger partial charge in [-0.05, 0) is 44.1 Å². The summed E-state index contributed by atoms with van der Waals surface area (Å²) >= 11 is 6.04. The number of nitrogens with one attached hydrogen (secondary N) is 1. The molecule has 1 aliphatic heterocycles. The van der Waals surface area contributed by atoms with E-state index < -0.39 is 10.0 Å². The number of halogens is 1. The van der Waals surface area contributed by atoms with E-state index >= 15 is 0 Å². The lowest BCUT2D eigenvalue weighted by Crippen LogP contribution is -2.40. The van der Waals surface area contributed by atoms with Gasteiger partial charge in [-0.3, -0.25) is 0 Å². The topological polar surface area (TPSA) is 67.2 Å². The first-order valence-electron chi connectivity index (χ1n) is 8.90. The molecular formula is C17H25ClN4O2S. The summed E-state index contributed by atoms with van der Waals surface area (Å²) in [4.78, 5) is 4.34. The molecule has 1 N–H and O–H groups in total. The molecule has 0 aliphatic carbocycles. The first kappa shape index (κ1) is 18.6. The van der Waals surface area contributed by atoms with Crippen molar-refractivity contribution in [1.82, 2.24) is 19.2 Å². The maximum Gasteiger partial charge on any atom is 0.277 e. The molecule has 0 bridgehead atoms. The van der Waals surface area contributed by atoms with Gasteiger partial charge in [0.25, 0.3) is 10.0 Å². The number of fused-ring (bicyclic) bond motifs is 3. The third kappa shape index (κ3) is 4.00. The molecule has 2 heterocycles. The molecule has 6 nitrogen and oxygen atoms in total. The summed E-state index contributed by atoms with van der Waals surface area (Å²) in [5, 5.41) is 4.03. The van der Waals surface area contributed by atoms with E-state index in [9.17, 15) is 8.42 Å². The van der Waals surface area contributed by atoms with Crippen LogP contribution < -0.4 is 5.32 Å². The highest BCUT2D eigenvalue weighted by atomic mass is 35.5. The summed E-state index contributed by atoms with van der Waals surface area (Å²) in [6.07, 6.45) is 4.19. The Morgan fingerprint density at radius 1 is 1.20 bits per heavy atom. The lowest BCUT2D eigenvalue weighted by molar-refractivity contribution is 0.348. The Morgan fingerprint density at radius 3 is 2.80 bits per heavy atom. The fourth-order valence-electron chi connectivity index (χ4n) is 3.23. The highest BCUT2D eigenvalue weighted by molar-refractivity contribution is 7.89. The monoisotopic (exact) mass is 384 g/mol. The lowest BCUT2D eigenvalue weighted by atomic mass is 10.2. The van der Waals surface area contributed by atoms with Crippen LogP contribution in [0.25, 0.3) is 11.0 Å². The minimum atomic E-state index is -3.53. The number of unbranched alkanes of at least 4 members (excludes halogenated alkanes) is 3. The molecular weight excluding hydrogens is 360 g/mol. The van der Waals surface area contributed by atoms with Crippen molar-refractivity contribution in [2.75, 3.05) is 26.2 Å². The van der Waals surface area contributed by atoms with E-state index in [4.69, 9.17) is 11.6 Å². The zero-order valence-corrected chi connectivity index (χ0v) is 16.1. The highest BCUT2D eigenvalue weighted by Gasteiger charge is 2.34. The van der Waals surface area contributed by atoms with Crippen LogP contribution in [-0.2, 0) is 16.6 Å². The maximum atomic E-state index is 12.9. The molecule has 0 saturated heterocycles. The molecule has 138 valence electrons. The van der Waals surface area contributed by atoms with Crippen molar-refractivity contribution < 1.29 is 8.42 Å². The Balaban J connectivity index is 1.65. The molecule has 0 atom stereocenters. The maximum absolute atomic E-state index is 12.9. The molecule has 0 unspecified atom stereocenters. The van der Waals surface area contributed by atoms with Crippen molar-refractivity contribution in [3.05, 3.63) is 23.2 Å². The van der Waals surface area contributed by atoms with Gasteiger partial charge in [-0.1, -0.05) is 31.4 Å². The molecule has 0 spiro atoms. The van der Waals surface area contributed by atoms with E-state index in [0.29, 0.717) is 30.2 Å². The molecule has 0 amide bonds. The second-order valence-electron chi connectivity index (χ2n) is 6.35. The number of hydrogen-bond donors (Lipinski definition) is 1. The average molecular weight is 385 g/mol. The molecule has 1 aromatic heterocycles. The van der Waals surface area contributed by atoms with Crippen LogP contribution >= 0.6 is 11.6 Å². The molecule has 0 saturated carbocycles. The van der Waals surface area contributed by atoms with Crippen LogP contribution in [-0.4, -0.2) is 48.5 Å². The second-order valence-corrected chi connectivity index (χ2v) is 8.62. The standard InChI is InChI=1S/C17H25ClN4O2S/c1-2-19-9-5-3-4-6-10-21-11-12-22-16-13-14(18)7-8-15(16)20-17(22)25(21,23)24/h7-8,13,19H,2-6,9-12H2,1H3. The summed E-state index contributed by atoms with van der Waals surface area (Å²) in [5.74, 6) is 0. The minimum Gasteiger partial charge on any atom is -0.317 e. The number of hydrogen-bond acceptors (Lipinski definition) is 4. The van der Waals surface area contributed by atoms with Gasteiger partial charge in [0.1, 0.15) is 0 Å². The SMILES string of the molecule is CCNCCCCCCN1CCn2c(nc3ccc(Cl)cc32)S1(=O)=O. The minimum absolute atomic E-state index is 0.142. The van der Waals surface area contributed by atoms with Gasteiger partial charge < -0.3 is 9.88 Å². The van der Waals surface area contributed by atoms with E-state index in [-0.39, 0.29) is 5.16 Å². The van der Waals surface area contributed by atoms with Gasteiger partial charge in [0.05, 0.1) is 11.0 Å². The van der Waals surface area contributed by atoms with Gasteiger partial charge in [0, 0.05) is 24.7 Å². The molecule has 1 aliphatic rings. The van der Waals surface area contributed by atoms with Crippen molar-refractivity contribution in [3.8, 4) is 0 Å². The first-order valence-corrected chi connectivity index (χ1v) is 10.7. The fraction of sp³-hybridized carbons (Fsp3) is 0.588. The Kier molecular flexibility index (Phi) is 5.99. The predicted molar refractivity (Wildman–Crippen MR) is 101 cm³/mol. The summed E-state index contributed by atoms with van der Waals surface area (Å²) in [7, 11) is -3.53. The zero-order valence-electron chi connectivity index (χ0n) is 14.5. The Bertz CT molecular complexity index is 835. The molecule has 2 aromatic rings. The van der Waals surface area contributed by atoms with Gasteiger partial charge in [0.15, 0.2) is 0 Å². The second kappa shape index (κ2) is 8.03. The number of nitrogens with zero attached hydrogens (tertiary/aromatic N) is 3. The zero-order chi connectivity index (χ0) is 17.9. The van der Waals surface area contributed by atoms with Gasteiger partial charge in [-0.2, -0.15) is 4.31 Å². The fourth-order valence-corrected chi connectivity index (χ4v) is 5.01. The molecule has 0 radical (unpaired) electrons. The van der Waals surface area contributed by atoms with Crippen LogP contribution in [0.4, 0.5) is 0 Å². The molecule has 1 aromatic carbocycles. The Labute approximate surface area is 154 Å². The summed E-state index contributed by atoms with van der Waals surface area (Å²) in [5.41, 5.74) is 1.46. The van der Waals surface area contributed by atoms with Crippen LogP contribution in [0.5, 0.6) is 0 Å². The van der Waals surface area contributed by atoms with E-state index in [2.05, 4.69) is 17.2 Å². The van der Waals surface area contributed by atoms with Gasteiger partial charge >= 0.3 is 0 Å². The number of benzene rings is 1. The summed E-state index contributed by atoms with van der Waals surface area (Å²) in [6, 6.07) is 5.29. The molecule has 25 heavy (non-hydrogen) atoms. The molecule has 0 fully saturated rings. The number of sulfonamides is 1. The highest BCUT2D eigenvalue weighted by Crippen LogP contribution is 2.28. The van der Waals surface area contributed by atoms with Gasteiger partial charge in [0.2, 0.25) is 5.16 Å². The first-order chi connectivity index (χ1) is 12.0. The van der Waals surface area contributed by atoms with Gasteiger partial charge in [-0.25, -0.2) is 13.4 Å². The summed E-state index contributed by atoms with van der Waals surface area (Å²) < 4.78 is 29.1. The Morgan fingerprint density at radius 2 is 2.00 bits per heavy atom. The third-order valence-electron chi connectivity index (χ3n) is 4.58. The van der Waals surface area contributed by atoms with Crippen molar-refractivity contribution >= 4 is 32.7 Å². The lowest BCUT2D eigenvalue weighted by Gasteiger charge is -2.27. The van der Waals surface area contributed by atoms with Crippen molar-refractivity contribution in [2.45, 2.75) is 44.3 Å². The average Bonchev–Trinajstić information content (AvgIpc) is 2.95. The van der Waals surface area contributed by atoms with Gasteiger partial charge in [-0.15, -0.1) is 0 Å². The Hall–Kier alpha value is -1.15. The molecule has 3 rings (SSSR count). The molecule has 8 heteroatoms. The summed E-state index contributed by atoms with van der Waals surface area (Å²) in [6.45, 7) is 5.80. The number of rotatable bonds is 8. The van der Waals surface area contributed by atoms with E-state index in [1.807, 2.05) is 0 Å². The van der Waals surface area contributed by atoms with Crippen LogP contribution in [0, 0.1) is 0 Å². The van der Waals surface area contributed by atoms with E-state index in [1.165, 1.54) is 0 Å². The van der Waals surface area contributed by atoms with Crippen LogP contribution in [0.1, 0.15) is 32.6 Å². The van der Waals surface area contributed by atoms with Crippen LogP contribution in [0.15, 0.2) is 23.4 Å². The van der Waals surface area contributed by atoms with Crippen molar-refractivity contribution in [3.63, 3.8) is 0 Å². The van der Waals surface area contributed by atoms with Crippen molar-refractivity contribution in [1.29, 1.82) is 0 Å².